The first-order valence-electron chi connectivity index (χ1n) is 8.43. The van der Waals surface area contributed by atoms with E-state index in [0.29, 0.717) is 23.4 Å². The number of carbonyl (C=O) groups excluding carboxylic acids is 1. The minimum absolute atomic E-state index is 0.104. The van der Waals surface area contributed by atoms with Crippen LogP contribution in [-0.2, 0) is 6.61 Å². The van der Waals surface area contributed by atoms with Crippen LogP contribution in [0.1, 0.15) is 34.9 Å². The molecule has 0 amide bonds. The summed E-state index contributed by atoms with van der Waals surface area (Å²) in [6.07, 6.45) is 1.73. The maximum absolute atomic E-state index is 12.9. The summed E-state index contributed by atoms with van der Waals surface area (Å²) in [5.74, 6) is 0.500. The molecule has 0 bridgehead atoms. The number of ether oxygens (including phenoxy) is 1. The van der Waals surface area contributed by atoms with Gasteiger partial charge in [-0.15, -0.1) is 11.3 Å². The fraction of sp³-hybridized carbons (Fsp3) is 0.250. The molecule has 3 rings (SSSR count). The maximum atomic E-state index is 12.9. The summed E-state index contributed by atoms with van der Waals surface area (Å²) in [6.45, 7) is 6.31. The standard InChI is InChI=1S/C20H21N3O2S/c1-14(2)21-19-9-4-5-10-23(19)20(24)16-7-6-8-18(11-16)25-12-17-13-26-15(3)22-17/h4-11,13-14H,12H2,1-3H3. The summed E-state index contributed by atoms with van der Waals surface area (Å²) >= 11 is 1.59. The van der Waals surface area contributed by atoms with E-state index in [1.165, 1.54) is 0 Å². The molecular formula is C20H21N3O2S. The average molecular weight is 367 g/mol. The number of pyridine rings is 1. The first-order chi connectivity index (χ1) is 12.5. The number of aromatic nitrogens is 2. The largest absolute Gasteiger partial charge is 0.487 e. The van der Waals surface area contributed by atoms with Crippen molar-refractivity contribution in [1.82, 2.24) is 9.55 Å². The van der Waals surface area contributed by atoms with Gasteiger partial charge in [-0.2, -0.15) is 0 Å². The Labute approximate surface area is 156 Å². The van der Waals surface area contributed by atoms with Crippen LogP contribution in [0.25, 0.3) is 0 Å². The lowest BCUT2D eigenvalue weighted by atomic mass is 10.2. The zero-order chi connectivity index (χ0) is 18.5. The van der Waals surface area contributed by atoms with Gasteiger partial charge < -0.3 is 4.74 Å². The lowest BCUT2D eigenvalue weighted by Crippen LogP contribution is -2.28. The van der Waals surface area contributed by atoms with Crippen LogP contribution in [0.5, 0.6) is 5.75 Å². The molecule has 26 heavy (non-hydrogen) atoms. The van der Waals surface area contributed by atoms with Gasteiger partial charge in [0.25, 0.3) is 5.91 Å². The van der Waals surface area contributed by atoms with Gasteiger partial charge in [-0.05, 0) is 51.1 Å². The molecule has 2 heterocycles. The molecule has 134 valence electrons. The van der Waals surface area contributed by atoms with Crippen LogP contribution in [0.15, 0.2) is 59.0 Å². The van der Waals surface area contributed by atoms with Gasteiger partial charge in [0.05, 0.1) is 10.7 Å². The Bertz CT molecular complexity index is 973. The zero-order valence-electron chi connectivity index (χ0n) is 15.0. The number of rotatable bonds is 5. The van der Waals surface area contributed by atoms with Crippen molar-refractivity contribution in [3.63, 3.8) is 0 Å². The van der Waals surface area contributed by atoms with Crippen LogP contribution in [0, 0.1) is 6.92 Å². The number of carbonyl (C=O) groups is 1. The van der Waals surface area contributed by atoms with Gasteiger partial charge in [0, 0.05) is 23.2 Å². The number of nitrogens with zero attached hydrogens (tertiary/aromatic N) is 3. The van der Waals surface area contributed by atoms with Crippen molar-refractivity contribution in [2.75, 3.05) is 0 Å². The van der Waals surface area contributed by atoms with E-state index < -0.39 is 0 Å². The van der Waals surface area contributed by atoms with Crippen molar-refractivity contribution < 1.29 is 9.53 Å². The van der Waals surface area contributed by atoms with Crippen molar-refractivity contribution in [1.29, 1.82) is 0 Å². The van der Waals surface area contributed by atoms with Crippen molar-refractivity contribution in [3.05, 3.63) is 75.8 Å². The Hall–Kier alpha value is -2.73. The molecule has 0 saturated carbocycles. The summed E-state index contributed by atoms with van der Waals surface area (Å²) in [6, 6.07) is 12.8. The third-order valence-electron chi connectivity index (χ3n) is 3.58. The Morgan fingerprint density at radius 1 is 1.27 bits per heavy atom. The lowest BCUT2D eigenvalue weighted by molar-refractivity contribution is 0.0954. The molecule has 0 N–H and O–H groups in total. The number of aryl methyl sites for hydroxylation is 1. The predicted octanol–water partition coefficient (Wildman–Crippen LogP) is 3.83. The van der Waals surface area contributed by atoms with E-state index in [1.54, 1.807) is 34.2 Å². The second kappa shape index (κ2) is 8.10. The minimum Gasteiger partial charge on any atom is -0.487 e. The summed E-state index contributed by atoms with van der Waals surface area (Å²) < 4.78 is 7.34. The van der Waals surface area contributed by atoms with Crippen molar-refractivity contribution in [3.8, 4) is 5.75 Å². The molecule has 0 atom stereocenters. The summed E-state index contributed by atoms with van der Waals surface area (Å²) in [4.78, 5) is 21.8. The van der Waals surface area contributed by atoms with Gasteiger partial charge in [0.1, 0.15) is 17.8 Å². The number of benzene rings is 1. The van der Waals surface area contributed by atoms with Crippen LogP contribution in [0.2, 0.25) is 0 Å². The molecular weight excluding hydrogens is 346 g/mol. The third kappa shape index (κ3) is 4.46. The second-order valence-corrected chi connectivity index (χ2v) is 7.19. The molecule has 0 aliphatic carbocycles. The molecule has 0 fully saturated rings. The normalized spacial score (nSPS) is 11.8. The predicted molar refractivity (Wildman–Crippen MR) is 102 cm³/mol. The van der Waals surface area contributed by atoms with E-state index >= 15 is 0 Å². The minimum atomic E-state index is -0.139. The molecule has 2 aromatic heterocycles. The summed E-state index contributed by atoms with van der Waals surface area (Å²) in [5, 5.41) is 2.98. The van der Waals surface area contributed by atoms with Gasteiger partial charge in [-0.3, -0.25) is 14.4 Å². The highest BCUT2D eigenvalue weighted by atomic mass is 32.1. The highest BCUT2D eigenvalue weighted by Crippen LogP contribution is 2.17. The molecule has 0 aliphatic heterocycles. The first kappa shape index (κ1) is 18.1. The Balaban J connectivity index is 1.83. The van der Waals surface area contributed by atoms with E-state index in [-0.39, 0.29) is 11.9 Å². The molecule has 1 aromatic carbocycles. The number of hydrogen-bond acceptors (Lipinski definition) is 5. The van der Waals surface area contributed by atoms with Crippen LogP contribution >= 0.6 is 11.3 Å². The van der Waals surface area contributed by atoms with E-state index in [4.69, 9.17) is 4.74 Å². The van der Waals surface area contributed by atoms with Gasteiger partial charge in [-0.25, -0.2) is 4.98 Å². The van der Waals surface area contributed by atoms with Crippen molar-refractivity contribution in [2.24, 2.45) is 4.99 Å². The quantitative estimate of drug-likeness (QED) is 0.689. The highest BCUT2D eigenvalue weighted by Gasteiger charge is 2.10. The van der Waals surface area contributed by atoms with E-state index in [1.807, 2.05) is 56.5 Å². The Morgan fingerprint density at radius 2 is 2.12 bits per heavy atom. The van der Waals surface area contributed by atoms with Crippen LogP contribution in [-0.4, -0.2) is 21.5 Å². The van der Waals surface area contributed by atoms with Gasteiger partial charge in [0.15, 0.2) is 0 Å². The van der Waals surface area contributed by atoms with Gasteiger partial charge >= 0.3 is 0 Å². The number of thiazole rings is 1. The van der Waals surface area contributed by atoms with Gasteiger partial charge in [0.2, 0.25) is 0 Å². The summed E-state index contributed by atoms with van der Waals surface area (Å²) in [7, 11) is 0. The maximum Gasteiger partial charge on any atom is 0.263 e. The van der Waals surface area contributed by atoms with E-state index in [9.17, 15) is 4.79 Å². The Morgan fingerprint density at radius 3 is 2.85 bits per heavy atom. The molecule has 0 saturated heterocycles. The smallest absolute Gasteiger partial charge is 0.263 e. The lowest BCUT2D eigenvalue weighted by Gasteiger charge is -2.09. The summed E-state index contributed by atoms with van der Waals surface area (Å²) in [5.41, 5.74) is 2.07. The molecule has 0 aliphatic rings. The van der Waals surface area contributed by atoms with Crippen molar-refractivity contribution in [2.45, 2.75) is 33.4 Å². The molecule has 5 nitrogen and oxygen atoms in total. The molecule has 6 heteroatoms. The van der Waals surface area contributed by atoms with Crippen LogP contribution in [0.4, 0.5) is 0 Å². The zero-order valence-corrected chi connectivity index (χ0v) is 15.9. The molecule has 0 spiro atoms. The molecule has 0 radical (unpaired) electrons. The monoisotopic (exact) mass is 367 g/mol. The number of hydrogen-bond donors (Lipinski definition) is 0. The Kier molecular flexibility index (Phi) is 5.63. The molecule has 3 aromatic rings. The topological polar surface area (TPSA) is 56.5 Å². The van der Waals surface area contributed by atoms with Crippen LogP contribution in [0.3, 0.4) is 0 Å². The first-order valence-corrected chi connectivity index (χ1v) is 9.31. The fourth-order valence-corrected chi connectivity index (χ4v) is 3.06. The molecule has 0 unspecified atom stereocenters. The van der Waals surface area contributed by atoms with Crippen LogP contribution < -0.4 is 10.2 Å². The highest BCUT2D eigenvalue weighted by molar-refractivity contribution is 7.09. The van der Waals surface area contributed by atoms with Crippen molar-refractivity contribution >= 4 is 17.2 Å². The second-order valence-electron chi connectivity index (χ2n) is 6.13. The third-order valence-corrected chi connectivity index (χ3v) is 4.40. The SMILES string of the molecule is Cc1nc(COc2cccc(C(=O)n3ccccc3=NC(C)C)c2)cs1. The van der Waals surface area contributed by atoms with Gasteiger partial charge in [-0.1, -0.05) is 12.1 Å². The fourth-order valence-electron chi connectivity index (χ4n) is 2.47. The van der Waals surface area contributed by atoms with E-state index in [0.717, 1.165) is 10.7 Å². The van der Waals surface area contributed by atoms with E-state index in [2.05, 4.69) is 9.98 Å². The average Bonchev–Trinajstić information content (AvgIpc) is 3.05.